The highest BCUT2D eigenvalue weighted by molar-refractivity contribution is 5.77. The largest absolute Gasteiger partial charge is 0.462 e. The molecule has 0 spiro atoms. The Balaban J connectivity index is 4.61. The van der Waals surface area contributed by atoms with Crippen molar-refractivity contribution in [3.8, 4) is 0 Å². The summed E-state index contributed by atoms with van der Waals surface area (Å²) in [4.78, 5) is 26.1. The first-order valence-corrected chi connectivity index (χ1v) is 25.4. The molecule has 1 amide bonds. The van der Waals surface area contributed by atoms with Gasteiger partial charge in [-0.05, 0) is 77.0 Å². The third-order valence-corrected chi connectivity index (χ3v) is 11.1. The van der Waals surface area contributed by atoms with Crippen molar-refractivity contribution in [1.29, 1.82) is 0 Å². The Hall–Kier alpha value is -2.96. The van der Waals surface area contributed by atoms with E-state index in [0.29, 0.717) is 19.3 Å². The van der Waals surface area contributed by atoms with Crippen LogP contribution >= 0.6 is 0 Å². The Morgan fingerprint density at radius 2 is 0.967 bits per heavy atom. The quantitative estimate of drug-likeness (QED) is 0.0246. The average Bonchev–Trinajstić information content (AvgIpc) is 3.25. The van der Waals surface area contributed by atoms with Gasteiger partial charge in [0.05, 0.1) is 25.2 Å². The number of aliphatic hydroxyl groups is 2. The number of unbranched alkanes of at least 4 members (excludes halogenated alkanes) is 21. The lowest BCUT2D eigenvalue weighted by atomic mass is 10.0. The number of rotatable bonds is 44. The molecule has 3 unspecified atom stereocenters. The molecule has 0 saturated carbocycles. The average molecular weight is 850 g/mol. The second kappa shape index (κ2) is 48.1. The number of amides is 1. The van der Waals surface area contributed by atoms with Gasteiger partial charge < -0.3 is 20.3 Å². The second-order valence-electron chi connectivity index (χ2n) is 16.9. The van der Waals surface area contributed by atoms with Crippen molar-refractivity contribution in [2.45, 2.75) is 244 Å². The molecular formula is C55H95NO5. The fraction of sp³-hybridized carbons (Fsp3) is 0.709. The molecule has 0 saturated heterocycles. The van der Waals surface area contributed by atoms with Crippen LogP contribution in [0.5, 0.6) is 0 Å². The fourth-order valence-electron chi connectivity index (χ4n) is 7.22. The molecular weight excluding hydrogens is 755 g/mol. The van der Waals surface area contributed by atoms with Crippen molar-refractivity contribution in [3.63, 3.8) is 0 Å². The van der Waals surface area contributed by atoms with Crippen LogP contribution in [0.2, 0.25) is 0 Å². The summed E-state index contributed by atoms with van der Waals surface area (Å²) < 4.78 is 5.88. The highest BCUT2D eigenvalue weighted by atomic mass is 16.5. The number of hydrogen-bond acceptors (Lipinski definition) is 5. The van der Waals surface area contributed by atoms with E-state index >= 15 is 0 Å². The lowest BCUT2D eigenvalue weighted by Gasteiger charge is -2.24. The maximum absolute atomic E-state index is 13.2. The number of carbonyl (C=O) groups is 2. The standard InChI is InChI=1S/C55H95NO5/c1-4-7-10-13-16-19-22-24-25-26-27-28-29-30-33-36-39-42-45-48-55(60)61-51(46-43-40-37-34-31-21-18-15-12-9-6-3)49-54(59)56-52(50-57)53(58)47-44-41-38-35-32-23-20-17-14-11-8-5-2/h9,12,15-16,18-19,21,24-25,27-28,31,34,37,51-53,57-58H,4-8,10-11,13-14,17,20,22-23,26,29-30,32-33,35-36,38-50H2,1-3H3,(H,56,59)/b12-9+,18-15+,19-16-,25-24-,28-27-,31-21-,37-34-. The minimum atomic E-state index is -0.810. The van der Waals surface area contributed by atoms with Crippen LogP contribution in [-0.2, 0) is 14.3 Å². The molecule has 350 valence electrons. The molecule has 0 fully saturated rings. The van der Waals surface area contributed by atoms with Crippen LogP contribution in [0.3, 0.4) is 0 Å². The SMILES string of the molecule is CC/C=C/C=C/C=C\C=C/CCCC(CC(=O)NC(CO)C(O)CCCCCCCCCCCCCC)OC(=O)CCCCCCCC/C=C\C/C=C\C/C=C\CCCCC. The van der Waals surface area contributed by atoms with Gasteiger partial charge in [0.15, 0.2) is 0 Å². The van der Waals surface area contributed by atoms with E-state index in [4.69, 9.17) is 4.74 Å². The highest BCUT2D eigenvalue weighted by Crippen LogP contribution is 2.17. The zero-order chi connectivity index (χ0) is 44.5. The molecule has 0 aromatic rings. The molecule has 0 aromatic heterocycles. The topological polar surface area (TPSA) is 95.9 Å². The minimum absolute atomic E-state index is 0.0223. The summed E-state index contributed by atoms with van der Waals surface area (Å²) in [7, 11) is 0. The minimum Gasteiger partial charge on any atom is -0.462 e. The van der Waals surface area contributed by atoms with Gasteiger partial charge in [-0.25, -0.2) is 0 Å². The van der Waals surface area contributed by atoms with Gasteiger partial charge in [-0.3, -0.25) is 9.59 Å². The van der Waals surface area contributed by atoms with E-state index in [1.807, 2.05) is 36.5 Å². The summed E-state index contributed by atoms with van der Waals surface area (Å²) in [5, 5.41) is 23.7. The number of nitrogens with one attached hydrogen (secondary N) is 1. The van der Waals surface area contributed by atoms with E-state index in [9.17, 15) is 19.8 Å². The van der Waals surface area contributed by atoms with E-state index in [1.54, 1.807) is 0 Å². The molecule has 0 aliphatic heterocycles. The molecule has 6 nitrogen and oxygen atoms in total. The fourth-order valence-corrected chi connectivity index (χ4v) is 7.22. The maximum atomic E-state index is 13.2. The summed E-state index contributed by atoms with van der Waals surface area (Å²) in [6.45, 7) is 6.28. The van der Waals surface area contributed by atoms with Gasteiger partial charge in [-0.2, -0.15) is 0 Å². The van der Waals surface area contributed by atoms with Crippen LogP contribution in [0.15, 0.2) is 85.1 Å². The number of carbonyl (C=O) groups excluding carboxylic acids is 2. The van der Waals surface area contributed by atoms with Gasteiger partial charge in [-0.1, -0.05) is 221 Å². The van der Waals surface area contributed by atoms with E-state index in [2.05, 4.69) is 74.7 Å². The van der Waals surface area contributed by atoms with Crippen molar-refractivity contribution >= 4 is 11.9 Å². The molecule has 61 heavy (non-hydrogen) atoms. The number of allylic oxidation sites excluding steroid dienone is 14. The first kappa shape index (κ1) is 58.0. The van der Waals surface area contributed by atoms with E-state index < -0.39 is 18.2 Å². The molecule has 3 atom stereocenters. The zero-order valence-electron chi connectivity index (χ0n) is 39.8. The van der Waals surface area contributed by atoms with Crippen LogP contribution in [0, 0.1) is 0 Å². The third-order valence-electron chi connectivity index (χ3n) is 11.1. The Morgan fingerprint density at radius 3 is 1.54 bits per heavy atom. The van der Waals surface area contributed by atoms with Crippen LogP contribution in [-0.4, -0.2) is 46.9 Å². The van der Waals surface area contributed by atoms with Gasteiger partial charge >= 0.3 is 5.97 Å². The number of hydrogen-bond donors (Lipinski definition) is 3. The molecule has 0 aliphatic rings. The Labute approximate surface area is 376 Å². The monoisotopic (exact) mass is 850 g/mol. The van der Waals surface area contributed by atoms with Crippen molar-refractivity contribution < 1.29 is 24.5 Å². The number of esters is 1. The van der Waals surface area contributed by atoms with Crippen molar-refractivity contribution in [3.05, 3.63) is 85.1 Å². The van der Waals surface area contributed by atoms with Crippen LogP contribution < -0.4 is 5.32 Å². The summed E-state index contributed by atoms with van der Waals surface area (Å²) in [6, 6.07) is -0.728. The molecule has 0 heterocycles. The predicted molar refractivity (Wildman–Crippen MR) is 264 cm³/mol. The summed E-state index contributed by atoms with van der Waals surface area (Å²) >= 11 is 0. The van der Waals surface area contributed by atoms with Crippen LogP contribution in [0.25, 0.3) is 0 Å². The molecule has 0 aromatic carbocycles. The second-order valence-corrected chi connectivity index (χ2v) is 16.9. The van der Waals surface area contributed by atoms with Crippen LogP contribution in [0.1, 0.15) is 226 Å². The van der Waals surface area contributed by atoms with Crippen molar-refractivity contribution in [1.82, 2.24) is 5.32 Å². The summed E-state index contributed by atoms with van der Waals surface area (Å²) in [5.41, 5.74) is 0. The normalized spacial score (nSPS) is 14.0. The Bertz CT molecular complexity index is 1180. The molecule has 6 heteroatoms. The van der Waals surface area contributed by atoms with Crippen molar-refractivity contribution in [2.24, 2.45) is 0 Å². The maximum Gasteiger partial charge on any atom is 0.306 e. The Morgan fingerprint density at radius 1 is 0.508 bits per heavy atom. The third kappa shape index (κ3) is 43.5. The van der Waals surface area contributed by atoms with Crippen LogP contribution in [0.4, 0.5) is 0 Å². The van der Waals surface area contributed by atoms with Gasteiger partial charge in [0.2, 0.25) is 5.91 Å². The number of aliphatic hydroxyl groups excluding tert-OH is 2. The lowest BCUT2D eigenvalue weighted by Crippen LogP contribution is -2.46. The van der Waals surface area contributed by atoms with E-state index in [-0.39, 0.29) is 24.9 Å². The van der Waals surface area contributed by atoms with Gasteiger partial charge in [0.25, 0.3) is 0 Å². The van der Waals surface area contributed by atoms with Gasteiger partial charge in [-0.15, -0.1) is 0 Å². The molecule has 3 N–H and O–H groups in total. The Kier molecular flexibility index (Phi) is 45.7. The van der Waals surface area contributed by atoms with Gasteiger partial charge in [0, 0.05) is 6.42 Å². The van der Waals surface area contributed by atoms with E-state index in [1.165, 1.54) is 103 Å². The highest BCUT2D eigenvalue weighted by Gasteiger charge is 2.24. The molecule has 0 bridgehead atoms. The zero-order valence-corrected chi connectivity index (χ0v) is 39.8. The number of ether oxygens (including phenoxy) is 1. The van der Waals surface area contributed by atoms with Gasteiger partial charge in [0.1, 0.15) is 6.10 Å². The predicted octanol–water partition coefficient (Wildman–Crippen LogP) is 15.2. The van der Waals surface area contributed by atoms with E-state index in [0.717, 1.165) is 77.0 Å². The lowest BCUT2D eigenvalue weighted by molar-refractivity contribution is -0.151. The van der Waals surface area contributed by atoms with Crippen molar-refractivity contribution in [2.75, 3.05) is 6.61 Å². The molecule has 0 radical (unpaired) electrons. The molecule has 0 rings (SSSR count). The smallest absolute Gasteiger partial charge is 0.306 e. The summed E-state index contributed by atoms with van der Waals surface area (Å²) in [5.74, 6) is -0.562. The molecule has 0 aliphatic carbocycles. The first-order valence-electron chi connectivity index (χ1n) is 25.4. The first-order chi connectivity index (χ1) is 30.0. The summed E-state index contributed by atoms with van der Waals surface area (Å²) in [6.07, 6.45) is 62.2.